The summed E-state index contributed by atoms with van der Waals surface area (Å²) in [7, 11) is 0. The van der Waals surface area contributed by atoms with Crippen molar-refractivity contribution >= 4 is 11.6 Å². The summed E-state index contributed by atoms with van der Waals surface area (Å²) in [5.41, 5.74) is 5.99. The van der Waals surface area contributed by atoms with Crippen LogP contribution < -0.4 is 11.1 Å². The Morgan fingerprint density at radius 2 is 1.95 bits per heavy atom. The van der Waals surface area contributed by atoms with Crippen molar-refractivity contribution in [2.45, 2.75) is 38.6 Å². The van der Waals surface area contributed by atoms with Crippen LogP contribution in [0.5, 0.6) is 0 Å². The number of hydrogen-bond donors (Lipinski definition) is 2. The molecule has 3 N–H and O–H groups in total. The van der Waals surface area contributed by atoms with Crippen molar-refractivity contribution in [1.29, 1.82) is 0 Å². The molecule has 1 aromatic carbocycles. The number of nitrogens with two attached hydrogens (primary N) is 1. The fourth-order valence-electron chi connectivity index (χ4n) is 2.45. The zero-order valence-corrected chi connectivity index (χ0v) is 10.9. The quantitative estimate of drug-likeness (QED) is 0.866. The van der Waals surface area contributed by atoms with E-state index in [-0.39, 0.29) is 29.1 Å². The summed E-state index contributed by atoms with van der Waals surface area (Å²) in [5, 5.41) is 2.44. The third kappa shape index (κ3) is 3.10. The Bertz CT molecular complexity index is 491. The monoisotopic (exact) mass is 268 g/mol. The number of amides is 1. The fourth-order valence-corrected chi connectivity index (χ4v) is 2.45. The van der Waals surface area contributed by atoms with E-state index in [1.54, 1.807) is 0 Å². The number of hydrogen-bond acceptors (Lipinski definition) is 2. The van der Waals surface area contributed by atoms with Crippen molar-refractivity contribution in [3.63, 3.8) is 0 Å². The number of halogens is 2. The van der Waals surface area contributed by atoms with Crippen LogP contribution in [0, 0.1) is 24.5 Å². The molecule has 0 bridgehead atoms. The van der Waals surface area contributed by atoms with Crippen molar-refractivity contribution in [2.75, 3.05) is 5.32 Å². The second-order valence-corrected chi connectivity index (χ2v) is 5.13. The molecule has 1 aliphatic carbocycles. The lowest BCUT2D eigenvalue weighted by molar-refractivity contribution is -0.121. The van der Waals surface area contributed by atoms with Crippen molar-refractivity contribution < 1.29 is 13.6 Å². The van der Waals surface area contributed by atoms with E-state index in [2.05, 4.69) is 5.32 Å². The molecule has 0 aliphatic heterocycles. The summed E-state index contributed by atoms with van der Waals surface area (Å²) >= 11 is 0. The highest BCUT2D eigenvalue weighted by Gasteiger charge is 2.28. The SMILES string of the molecule is Cc1cc(F)c(NC(=O)C2CCCCC2N)cc1F. The van der Waals surface area contributed by atoms with Crippen molar-refractivity contribution in [2.24, 2.45) is 11.7 Å². The summed E-state index contributed by atoms with van der Waals surface area (Å²) in [5.74, 6) is -1.81. The molecular formula is C14H18F2N2O. The molecule has 0 aromatic heterocycles. The minimum absolute atomic E-state index is 0.120. The third-order valence-corrected chi connectivity index (χ3v) is 3.66. The van der Waals surface area contributed by atoms with Gasteiger partial charge in [0.05, 0.1) is 11.6 Å². The fraction of sp³-hybridized carbons (Fsp3) is 0.500. The first-order chi connectivity index (χ1) is 8.99. The van der Waals surface area contributed by atoms with Gasteiger partial charge in [-0.3, -0.25) is 4.79 Å². The predicted molar refractivity (Wildman–Crippen MR) is 69.7 cm³/mol. The minimum Gasteiger partial charge on any atom is -0.327 e. The van der Waals surface area contributed by atoms with Crippen LogP contribution in [-0.2, 0) is 4.79 Å². The lowest BCUT2D eigenvalue weighted by Crippen LogP contribution is -2.40. The van der Waals surface area contributed by atoms with E-state index in [0.29, 0.717) is 6.42 Å². The number of carbonyl (C=O) groups is 1. The van der Waals surface area contributed by atoms with Gasteiger partial charge in [-0.1, -0.05) is 12.8 Å². The summed E-state index contributed by atoms with van der Waals surface area (Å²) < 4.78 is 27.0. The van der Waals surface area contributed by atoms with Gasteiger partial charge < -0.3 is 11.1 Å². The molecule has 2 rings (SSSR count). The van der Waals surface area contributed by atoms with E-state index in [4.69, 9.17) is 5.73 Å². The number of aryl methyl sites for hydroxylation is 1. The Kier molecular flexibility index (Phi) is 4.14. The highest BCUT2D eigenvalue weighted by Crippen LogP contribution is 2.25. The molecule has 1 amide bonds. The van der Waals surface area contributed by atoms with E-state index in [1.165, 1.54) is 6.92 Å². The van der Waals surface area contributed by atoms with E-state index >= 15 is 0 Å². The van der Waals surface area contributed by atoms with Crippen LogP contribution in [-0.4, -0.2) is 11.9 Å². The van der Waals surface area contributed by atoms with Gasteiger partial charge in [-0.15, -0.1) is 0 Å². The first-order valence-electron chi connectivity index (χ1n) is 6.51. The van der Waals surface area contributed by atoms with E-state index in [1.807, 2.05) is 0 Å². The molecule has 1 fully saturated rings. The van der Waals surface area contributed by atoms with Crippen LogP contribution in [0.2, 0.25) is 0 Å². The van der Waals surface area contributed by atoms with Gasteiger partial charge in [0.2, 0.25) is 5.91 Å². The van der Waals surface area contributed by atoms with E-state index < -0.39 is 11.6 Å². The van der Waals surface area contributed by atoms with Gasteiger partial charge in [-0.05, 0) is 31.4 Å². The lowest BCUT2D eigenvalue weighted by Gasteiger charge is -2.27. The van der Waals surface area contributed by atoms with E-state index in [9.17, 15) is 13.6 Å². The molecule has 1 aromatic rings. The average Bonchev–Trinajstić information content (AvgIpc) is 2.36. The standard InChI is InChI=1S/C14H18F2N2O/c1-8-6-11(16)13(7-10(8)15)18-14(19)9-4-2-3-5-12(9)17/h6-7,9,12H,2-5,17H2,1H3,(H,18,19). The highest BCUT2D eigenvalue weighted by atomic mass is 19.1. The molecule has 3 nitrogen and oxygen atoms in total. The van der Waals surface area contributed by atoms with Gasteiger partial charge in [0, 0.05) is 12.1 Å². The largest absolute Gasteiger partial charge is 0.327 e. The van der Waals surface area contributed by atoms with Crippen LogP contribution in [0.25, 0.3) is 0 Å². The first kappa shape index (κ1) is 13.9. The van der Waals surface area contributed by atoms with Gasteiger partial charge in [0.15, 0.2) is 0 Å². The van der Waals surface area contributed by atoms with Crippen molar-refractivity contribution in [3.05, 3.63) is 29.3 Å². The van der Waals surface area contributed by atoms with Gasteiger partial charge >= 0.3 is 0 Å². The highest BCUT2D eigenvalue weighted by molar-refractivity contribution is 5.93. The molecule has 19 heavy (non-hydrogen) atoms. The smallest absolute Gasteiger partial charge is 0.229 e. The number of benzene rings is 1. The molecule has 0 heterocycles. The molecule has 0 saturated heterocycles. The molecule has 2 atom stereocenters. The molecule has 104 valence electrons. The lowest BCUT2D eigenvalue weighted by atomic mass is 9.84. The van der Waals surface area contributed by atoms with Crippen LogP contribution in [0.1, 0.15) is 31.2 Å². The maximum absolute atomic E-state index is 13.6. The topological polar surface area (TPSA) is 55.1 Å². The van der Waals surface area contributed by atoms with Crippen LogP contribution in [0.15, 0.2) is 12.1 Å². The number of carbonyl (C=O) groups excluding carboxylic acids is 1. The molecule has 5 heteroatoms. The molecule has 1 saturated carbocycles. The summed E-state index contributed by atoms with van der Waals surface area (Å²) in [6.07, 6.45) is 3.45. The second-order valence-electron chi connectivity index (χ2n) is 5.13. The van der Waals surface area contributed by atoms with Crippen molar-refractivity contribution in [3.8, 4) is 0 Å². The zero-order valence-electron chi connectivity index (χ0n) is 10.9. The maximum atomic E-state index is 13.6. The van der Waals surface area contributed by atoms with Gasteiger partial charge in [0.25, 0.3) is 0 Å². The van der Waals surface area contributed by atoms with Crippen LogP contribution in [0.4, 0.5) is 14.5 Å². The van der Waals surface area contributed by atoms with Gasteiger partial charge in [-0.25, -0.2) is 8.78 Å². The summed E-state index contributed by atoms with van der Waals surface area (Å²) in [4.78, 5) is 12.0. The van der Waals surface area contributed by atoms with Gasteiger partial charge in [0.1, 0.15) is 11.6 Å². The zero-order chi connectivity index (χ0) is 14.0. The molecule has 0 spiro atoms. The normalized spacial score (nSPS) is 23.2. The Morgan fingerprint density at radius 3 is 2.63 bits per heavy atom. The summed E-state index contributed by atoms with van der Waals surface area (Å²) in [6, 6.07) is 1.88. The Hall–Kier alpha value is -1.49. The van der Waals surface area contributed by atoms with E-state index in [0.717, 1.165) is 31.4 Å². The number of rotatable bonds is 2. The molecule has 0 radical (unpaired) electrons. The third-order valence-electron chi connectivity index (χ3n) is 3.66. The van der Waals surface area contributed by atoms with Crippen molar-refractivity contribution in [1.82, 2.24) is 0 Å². The maximum Gasteiger partial charge on any atom is 0.229 e. The van der Waals surface area contributed by atoms with Crippen LogP contribution in [0.3, 0.4) is 0 Å². The Morgan fingerprint density at radius 1 is 1.26 bits per heavy atom. The molecule has 1 aliphatic rings. The molecule has 2 unspecified atom stereocenters. The second kappa shape index (κ2) is 5.65. The van der Waals surface area contributed by atoms with Crippen LogP contribution >= 0.6 is 0 Å². The van der Waals surface area contributed by atoms with Gasteiger partial charge in [-0.2, -0.15) is 0 Å². The average molecular weight is 268 g/mol. The summed E-state index contributed by atoms with van der Waals surface area (Å²) in [6.45, 7) is 1.47. The number of anilines is 1. The minimum atomic E-state index is -0.628. The number of nitrogens with one attached hydrogen (secondary N) is 1. The Labute approximate surface area is 111 Å². The molecular weight excluding hydrogens is 250 g/mol. The predicted octanol–water partition coefficient (Wildman–Crippen LogP) is 2.73. The first-order valence-corrected chi connectivity index (χ1v) is 6.51. The Balaban J connectivity index is 2.12.